The van der Waals surface area contributed by atoms with Crippen molar-refractivity contribution in [3.8, 4) is 12.3 Å². The van der Waals surface area contributed by atoms with E-state index in [1.54, 1.807) is 0 Å². The van der Waals surface area contributed by atoms with Crippen LogP contribution in [0.25, 0.3) is 0 Å². The van der Waals surface area contributed by atoms with Gasteiger partial charge in [0, 0.05) is 19.6 Å². The number of hydrogen-bond acceptors (Lipinski definition) is 6. The van der Waals surface area contributed by atoms with Crippen LogP contribution in [0.4, 0.5) is 0 Å². The molecule has 0 unspecified atom stereocenters. The van der Waals surface area contributed by atoms with Gasteiger partial charge in [-0.05, 0) is 77.8 Å². The van der Waals surface area contributed by atoms with Crippen LogP contribution in [0.3, 0.4) is 0 Å². The normalized spacial score (nSPS) is 12.2. The lowest BCUT2D eigenvalue weighted by molar-refractivity contribution is 0.0407. The maximum absolute atomic E-state index is 6.62. The van der Waals surface area contributed by atoms with Crippen LogP contribution in [-0.4, -0.2) is 102 Å². The van der Waals surface area contributed by atoms with Crippen LogP contribution in [0.5, 0.6) is 0 Å². The molecular weight excluding hydrogens is 514 g/mol. The molecule has 0 aliphatic rings. The summed E-state index contributed by atoms with van der Waals surface area (Å²) in [5, 5.41) is 0. The van der Waals surface area contributed by atoms with Crippen LogP contribution >= 0.6 is 0 Å². The third-order valence-electron chi connectivity index (χ3n) is 7.47. The number of hydrogen-bond donors (Lipinski definition) is 0. The monoisotopic (exact) mass is 584 g/mol. The predicted molar refractivity (Wildman–Crippen MR) is 176 cm³/mol. The predicted octanol–water partition coefficient (Wildman–Crippen LogP) is 7.31. The average Bonchev–Trinajstić information content (AvgIpc) is 2.96. The standard InChI is InChI=1S/C33H69N3O3Si/c1-8-15-21-34(22-16-9-2)27-30-37-40(33-14-7,38-31-28-35(23-17-10-3)24-18-11-4)39-32-29-36(25-19-12-5)26-20-13-6/h7H,8-13,15-33H2,1-6H3. The summed E-state index contributed by atoms with van der Waals surface area (Å²) < 4.78 is 19.9. The summed E-state index contributed by atoms with van der Waals surface area (Å²) in [4.78, 5) is 7.61. The molecule has 0 aliphatic heterocycles. The first-order valence-electron chi connectivity index (χ1n) is 17.1. The van der Waals surface area contributed by atoms with Crippen molar-refractivity contribution in [1.82, 2.24) is 14.7 Å². The van der Waals surface area contributed by atoms with Gasteiger partial charge in [-0.3, -0.25) is 0 Å². The van der Waals surface area contributed by atoms with E-state index in [1.807, 2.05) is 0 Å². The molecule has 0 fully saturated rings. The van der Waals surface area contributed by atoms with E-state index in [2.05, 4.69) is 62.2 Å². The molecule has 0 aromatic rings. The molecule has 0 atom stereocenters. The lowest BCUT2D eigenvalue weighted by Gasteiger charge is -2.32. The van der Waals surface area contributed by atoms with Gasteiger partial charge < -0.3 is 28.0 Å². The number of rotatable bonds is 31. The smallest absolute Gasteiger partial charge is 0.372 e. The summed E-state index contributed by atoms with van der Waals surface area (Å²) in [6, 6.07) is 0.435. The molecule has 6 nitrogen and oxygen atoms in total. The molecule has 0 amide bonds. The van der Waals surface area contributed by atoms with Crippen molar-refractivity contribution in [1.29, 1.82) is 0 Å². The maximum Gasteiger partial charge on any atom is 0.513 e. The van der Waals surface area contributed by atoms with Gasteiger partial charge in [-0.15, -0.1) is 12.3 Å². The van der Waals surface area contributed by atoms with E-state index >= 15 is 0 Å². The number of nitrogens with zero attached hydrogens (tertiary/aromatic N) is 3. The Bertz CT molecular complexity index is 487. The van der Waals surface area contributed by atoms with Gasteiger partial charge in [0.1, 0.15) is 0 Å². The highest BCUT2D eigenvalue weighted by Crippen LogP contribution is 2.17. The Morgan fingerprint density at radius 3 is 0.900 bits per heavy atom. The Balaban J connectivity index is 5.42. The molecule has 0 heterocycles. The molecule has 0 rings (SSSR count). The second kappa shape index (κ2) is 28.6. The molecule has 7 heteroatoms. The zero-order chi connectivity index (χ0) is 29.7. The summed E-state index contributed by atoms with van der Waals surface area (Å²) in [5.41, 5.74) is 0. The zero-order valence-electron chi connectivity index (χ0n) is 27.8. The van der Waals surface area contributed by atoms with Gasteiger partial charge in [-0.25, -0.2) is 0 Å². The van der Waals surface area contributed by atoms with E-state index in [9.17, 15) is 0 Å². The highest BCUT2D eigenvalue weighted by atomic mass is 28.4. The molecule has 0 radical (unpaired) electrons. The summed E-state index contributed by atoms with van der Waals surface area (Å²) in [5.74, 6) is 2.87. The van der Waals surface area contributed by atoms with E-state index in [1.165, 1.54) is 77.0 Å². The minimum absolute atomic E-state index is 0.435. The fourth-order valence-electron chi connectivity index (χ4n) is 4.69. The summed E-state index contributed by atoms with van der Waals surface area (Å²) >= 11 is 0. The van der Waals surface area contributed by atoms with Crippen LogP contribution in [0, 0.1) is 12.3 Å². The quantitative estimate of drug-likeness (QED) is 0.0629. The second-order valence-corrected chi connectivity index (χ2v) is 13.8. The molecular formula is C33H69N3O3Si. The van der Waals surface area contributed by atoms with E-state index in [-0.39, 0.29) is 0 Å². The first-order chi connectivity index (χ1) is 19.5. The van der Waals surface area contributed by atoms with E-state index in [4.69, 9.17) is 19.7 Å². The van der Waals surface area contributed by atoms with Crippen LogP contribution in [0.1, 0.15) is 119 Å². The average molecular weight is 584 g/mol. The van der Waals surface area contributed by atoms with E-state index in [0.29, 0.717) is 25.9 Å². The molecule has 0 spiro atoms. The van der Waals surface area contributed by atoms with Gasteiger partial charge in [0.15, 0.2) is 0 Å². The van der Waals surface area contributed by atoms with Crippen LogP contribution in [0.2, 0.25) is 6.04 Å². The number of unbranched alkanes of at least 4 members (excludes halogenated alkanes) is 6. The minimum Gasteiger partial charge on any atom is -0.372 e. The van der Waals surface area contributed by atoms with E-state index in [0.717, 1.165) is 58.9 Å². The van der Waals surface area contributed by atoms with Crippen molar-refractivity contribution in [2.75, 3.05) is 78.7 Å². The minimum atomic E-state index is -3.00. The van der Waals surface area contributed by atoms with Crippen LogP contribution < -0.4 is 0 Å². The van der Waals surface area contributed by atoms with E-state index < -0.39 is 8.80 Å². The maximum atomic E-state index is 6.62. The Morgan fingerprint density at radius 1 is 0.450 bits per heavy atom. The van der Waals surface area contributed by atoms with Gasteiger partial charge >= 0.3 is 8.80 Å². The largest absolute Gasteiger partial charge is 0.513 e. The first kappa shape index (κ1) is 39.5. The molecule has 0 aromatic heterocycles. The zero-order valence-corrected chi connectivity index (χ0v) is 28.8. The van der Waals surface area contributed by atoms with Gasteiger partial charge in [0.2, 0.25) is 0 Å². The molecule has 0 bridgehead atoms. The molecule has 0 aromatic carbocycles. The summed E-state index contributed by atoms with van der Waals surface area (Å²) in [7, 11) is -3.00. The topological polar surface area (TPSA) is 37.4 Å². The Labute approximate surface area is 252 Å². The second-order valence-electron chi connectivity index (χ2n) is 11.3. The van der Waals surface area contributed by atoms with Gasteiger partial charge in [0.25, 0.3) is 0 Å². The Kier molecular flexibility index (Phi) is 28.3. The lowest BCUT2D eigenvalue weighted by Crippen LogP contribution is -2.49. The summed E-state index contributed by atoms with van der Waals surface area (Å²) in [6.07, 6.45) is 20.5. The molecule has 40 heavy (non-hydrogen) atoms. The third-order valence-corrected chi connectivity index (χ3v) is 10.0. The van der Waals surface area contributed by atoms with Crippen molar-refractivity contribution >= 4 is 8.80 Å². The highest BCUT2D eigenvalue weighted by Gasteiger charge is 2.41. The van der Waals surface area contributed by atoms with Crippen molar-refractivity contribution in [2.45, 2.75) is 125 Å². The van der Waals surface area contributed by atoms with Crippen molar-refractivity contribution in [3.05, 3.63) is 0 Å². The highest BCUT2D eigenvalue weighted by molar-refractivity contribution is 6.61. The van der Waals surface area contributed by atoms with Crippen LogP contribution in [-0.2, 0) is 13.3 Å². The molecule has 238 valence electrons. The number of terminal acetylenes is 1. The lowest BCUT2D eigenvalue weighted by atomic mass is 10.2. The van der Waals surface area contributed by atoms with Gasteiger partial charge in [-0.1, -0.05) is 80.1 Å². The van der Waals surface area contributed by atoms with Crippen LogP contribution in [0.15, 0.2) is 0 Å². The Hall–Kier alpha value is -0.463. The van der Waals surface area contributed by atoms with Gasteiger partial charge in [-0.2, -0.15) is 0 Å². The van der Waals surface area contributed by atoms with Crippen molar-refractivity contribution < 1.29 is 13.3 Å². The summed E-state index contributed by atoms with van der Waals surface area (Å²) in [6.45, 7) is 24.9. The molecule has 0 saturated heterocycles. The fourth-order valence-corrected chi connectivity index (χ4v) is 6.70. The SMILES string of the molecule is C#CC[Si](OCCN(CCCC)CCCC)(OCCN(CCCC)CCCC)OCCN(CCCC)CCCC. The Morgan fingerprint density at radius 2 is 0.700 bits per heavy atom. The fraction of sp³-hybridized carbons (Fsp3) is 0.939. The van der Waals surface area contributed by atoms with Crippen molar-refractivity contribution in [3.63, 3.8) is 0 Å². The van der Waals surface area contributed by atoms with Crippen molar-refractivity contribution in [2.24, 2.45) is 0 Å². The van der Waals surface area contributed by atoms with Gasteiger partial charge in [0.05, 0.1) is 25.9 Å². The first-order valence-corrected chi connectivity index (χ1v) is 19.0. The molecule has 0 saturated carbocycles. The third kappa shape index (κ3) is 21.3. The molecule has 0 N–H and O–H groups in total. The molecule has 0 aliphatic carbocycles.